The molecule has 1 aliphatic rings. The van der Waals surface area contributed by atoms with E-state index in [1.165, 1.54) is 6.20 Å². The molecule has 1 atom stereocenters. The Hall–Kier alpha value is -3.49. The molecule has 4 heterocycles. The van der Waals surface area contributed by atoms with Gasteiger partial charge in [-0.3, -0.25) is 9.39 Å². The van der Waals surface area contributed by atoms with Gasteiger partial charge < -0.3 is 16.4 Å². The van der Waals surface area contributed by atoms with E-state index in [1.807, 2.05) is 12.1 Å². The summed E-state index contributed by atoms with van der Waals surface area (Å²) in [6, 6.07) is 5.92. The van der Waals surface area contributed by atoms with Crippen LogP contribution in [0.1, 0.15) is 25.6 Å². The van der Waals surface area contributed by atoms with Crippen molar-refractivity contribution in [2.45, 2.75) is 19.8 Å². The molecule has 0 amide bonds. The summed E-state index contributed by atoms with van der Waals surface area (Å²) in [5.74, 6) is 3.83. The van der Waals surface area contributed by atoms with Gasteiger partial charge in [-0.1, -0.05) is 13.8 Å². The van der Waals surface area contributed by atoms with Crippen molar-refractivity contribution in [3.8, 4) is 11.3 Å². The second kappa shape index (κ2) is 7.26. The monoisotopic (exact) mass is 377 g/mol. The maximum Gasteiger partial charge on any atom is 0.228 e. The minimum atomic E-state index is 0.338. The minimum absolute atomic E-state index is 0.338. The SMILES string of the molecule is CN=C(C=CN)Nc1nccc(-c2cc3n4c(nnc4c2)[C@@H](C(C)C)CN3)n1. The van der Waals surface area contributed by atoms with Gasteiger partial charge in [-0.2, -0.15) is 0 Å². The number of anilines is 2. The number of nitrogens with two attached hydrogens (primary N) is 1. The molecule has 9 heteroatoms. The molecule has 3 aromatic rings. The number of pyridine rings is 1. The number of nitrogens with one attached hydrogen (secondary N) is 2. The highest BCUT2D eigenvalue weighted by Crippen LogP contribution is 2.33. The summed E-state index contributed by atoms with van der Waals surface area (Å²) in [5, 5.41) is 15.4. The molecule has 0 unspecified atom stereocenters. The Morgan fingerprint density at radius 2 is 2.25 bits per heavy atom. The van der Waals surface area contributed by atoms with Crippen LogP contribution in [-0.2, 0) is 0 Å². The van der Waals surface area contributed by atoms with Gasteiger partial charge in [0.15, 0.2) is 5.65 Å². The van der Waals surface area contributed by atoms with Gasteiger partial charge in [0, 0.05) is 31.3 Å². The second-order valence-corrected chi connectivity index (χ2v) is 6.97. The molecular weight excluding hydrogens is 354 g/mol. The zero-order valence-electron chi connectivity index (χ0n) is 16.1. The van der Waals surface area contributed by atoms with Crippen LogP contribution in [0.15, 0.2) is 41.7 Å². The summed E-state index contributed by atoms with van der Waals surface area (Å²) in [6.07, 6.45) is 4.77. The average molecular weight is 377 g/mol. The van der Waals surface area contributed by atoms with Gasteiger partial charge in [-0.15, -0.1) is 10.2 Å². The first-order chi connectivity index (χ1) is 13.6. The second-order valence-electron chi connectivity index (χ2n) is 6.97. The van der Waals surface area contributed by atoms with Crippen LogP contribution in [0.2, 0.25) is 0 Å². The molecule has 0 fully saturated rings. The Morgan fingerprint density at radius 1 is 1.39 bits per heavy atom. The maximum atomic E-state index is 5.44. The van der Waals surface area contributed by atoms with E-state index in [-0.39, 0.29) is 0 Å². The van der Waals surface area contributed by atoms with Crippen molar-refractivity contribution in [2.75, 3.05) is 24.2 Å². The average Bonchev–Trinajstić information content (AvgIpc) is 3.13. The fourth-order valence-corrected chi connectivity index (χ4v) is 3.36. The standard InChI is InChI=1S/C19H23N9/c1-11(2)13-10-23-16-8-12(9-17-26-27-18(13)28(16)17)14-5-7-22-19(24-14)25-15(21-3)4-6-20/h4-9,11,13,23H,10,20H2,1-3H3,(H,21,22,24,25)/t13-/m1/s1. The molecule has 0 radical (unpaired) electrons. The Morgan fingerprint density at radius 3 is 3.00 bits per heavy atom. The van der Waals surface area contributed by atoms with E-state index in [4.69, 9.17) is 5.73 Å². The Bertz CT molecular complexity index is 1060. The molecule has 28 heavy (non-hydrogen) atoms. The predicted octanol–water partition coefficient (Wildman–Crippen LogP) is 2.26. The highest BCUT2D eigenvalue weighted by molar-refractivity contribution is 6.02. The largest absolute Gasteiger partial charge is 0.404 e. The van der Waals surface area contributed by atoms with Crippen LogP contribution in [0.25, 0.3) is 16.9 Å². The van der Waals surface area contributed by atoms with Gasteiger partial charge in [0.25, 0.3) is 0 Å². The molecule has 9 nitrogen and oxygen atoms in total. The highest BCUT2D eigenvalue weighted by Gasteiger charge is 2.27. The number of hydrogen-bond acceptors (Lipinski definition) is 7. The third-order valence-electron chi connectivity index (χ3n) is 4.86. The molecule has 4 N–H and O–H groups in total. The van der Waals surface area contributed by atoms with Gasteiger partial charge in [0.05, 0.1) is 5.69 Å². The lowest BCUT2D eigenvalue weighted by Crippen LogP contribution is -2.26. The number of hydrogen-bond donors (Lipinski definition) is 3. The lowest BCUT2D eigenvalue weighted by Gasteiger charge is -2.26. The van der Waals surface area contributed by atoms with Crippen molar-refractivity contribution in [1.82, 2.24) is 24.6 Å². The highest BCUT2D eigenvalue weighted by atomic mass is 15.3. The summed E-state index contributed by atoms with van der Waals surface area (Å²) in [7, 11) is 1.67. The third-order valence-corrected chi connectivity index (χ3v) is 4.86. The van der Waals surface area contributed by atoms with Crippen molar-refractivity contribution in [1.29, 1.82) is 0 Å². The van der Waals surface area contributed by atoms with E-state index in [0.717, 1.165) is 35.1 Å². The quantitative estimate of drug-likeness (QED) is 0.471. The van der Waals surface area contributed by atoms with Crippen LogP contribution in [0.5, 0.6) is 0 Å². The smallest absolute Gasteiger partial charge is 0.228 e. The van der Waals surface area contributed by atoms with Crippen molar-refractivity contribution in [3.05, 3.63) is 42.5 Å². The normalized spacial score (nSPS) is 16.7. The summed E-state index contributed by atoms with van der Waals surface area (Å²) in [4.78, 5) is 13.0. The van der Waals surface area contributed by atoms with E-state index >= 15 is 0 Å². The molecule has 4 rings (SSSR count). The van der Waals surface area contributed by atoms with E-state index in [0.29, 0.717) is 23.6 Å². The summed E-state index contributed by atoms with van der Waals surface area (Å²) in [5.41, 5.74) is 7.95. The van der Waals surface area contributed by atoms with Crippen LogP contribution in [0.4, 0.5) is 11.8 Å². The van der Waals surface area contributed by atoms with Gasteiger partial charge in [0.1, 0.15) is 17.5 Å². The lowest BCUT2D eigenvalue weighted by molar-refractivity contribution is 0.479. The van der Waals surface area contributed by atoms with Crippen LogP contribution >= 0.6 is 0 Å². The van der Waals surface area contributed by atoms with Crippen molar-refractivity contribution in [2.24, 2.45) is 16.6 Å². The molecule has 0 aliphatic carbocycles. The van der Waals surface area contributed by atoms with Gasteiger partial charge in [0.2, 0.25) is 5.95 Å². The van der Waals surface area contributed by atoms with Gasteiger partial charge in [-0.05, 0) is 36.4 Å². The topological polar surface area (TPSA) is 118 Å². The van der Waals surface area contributed by atoms with E-state index in [9.17, 15) is 0 Å². The molecule has 0 bridgehead atoms. The first-order valence-electron chi connectivity index (χ1n) is 9.19. The van der Waals surface area contributed by atoms with E-state index < -0.39 is 0 Å². The Balaban J connectivity index is 1.72. The molecule has 0 saturated carbocycles. The lowest BCUT2D eigenvalue weighted by atomic mass is 9.94. The first kappa shape index (κ1) is 17.9. The number of rotatable bonds is 4. The third kappa shape index (κ3) is 3.15. The van der Waals surface area contributed by atoms with Crippen LogP contribution < -0.4 is 16.4 Å². The molecule has 0 saturated heterocycles. The minimum Gasteiger partial charge on any atom is -0.404 e. The summed E-state index contributed by atoms with van der Waals surface area (Å²) >= 11 is 0. The Labute approximate surface area is 162 Å². The number of amidine groups is 1. The first-order valence-corrected chi connectivity index (χ1v) is 9.19. The fraction of sp³-hybridized carbons (Fsp3) is 0.316. The van der Waals surface area contributed by atoms with Crippen molar-refractivity contribution < 1.29 is 0 Å². The van der Waals surface area contributed by atoms with Gasteiger partial charge in [-0.25, -0.2) is 9.97 Å². The zero-order chi connectivity index (χ0) is 19.7. The summed E-state index contributed by atoms with van der Waals surface area (Å²) in [6.45, 7) is 5.25. The molecular formula is C19H23N9. The molecule has 0 aromatic carbocycles. The molecule has 1 aliphatic heterocycles. The van der Waals surface area contributed by atoms with Crippen molar-refractivity contribution >= 4 is 23.2 Å². The summed E-state index contributed by atoms with van der Waals surface area (Å²) < 4.78 is 2.09. The fourth-order valence-electron chi connectivity index (χ4n) is 3.36. The van der Waals surface area contributed by atoms with Crippen LogP contribution in [-0.4, -0.2) is 44.0 Å². The maximum absolute atomic E-state index is 5.44. The van der Waals surface area contributed by atoms with Crippen LogP contribution in [0, 0.1) is 5.92 Å². The van der Waals surface area contributed by atoms with E-state index in [2.05, 4.69) is 60.1 Å². The number of aliphatic imine (C=N–C) groups is 1. The van der Waals surface area contributed by atoms with E-state index in [1.54, 1.807) is 19.3 Å². The van der Waals surface area contributed by atoms with Gasteiger partial charge >= 0.3 is 0 Å². The number of aromatic nitrogens is 5. The Kier molecular flexibility index (Phi) is 4.64. The molecule has 0 spiro atoms. The predicted molar refractivity (Wildman–Crippen MR) is 110 cm³/mol. The van der Waals surface area contributed by atoms with Crippen LogP contribution in [0.3, 0.4) is 0 Å². The van der Waals surface area contributed by atoms with Crippen molar-refractivity contribution in [3.63, 3.8) is 0 Å². The number of nitrogens with zero attached hydrogens (tertiary/aromatic N) is 6. The molecule has 3 aromatic heterocycles. The molecule has 144 valence electrons. The zero-order valence-corrected chi connectivity index (χ0v) is 16.1.